The molecule has 0 radical (unpaired) electrons. The van der Waals surface area contributed by atoms with Gasteiger partial charge in [-0.05, 0) is 82.9 Å². The molecule has 0 aliphatic carbocycles. The van der Waals surface area contributed by atoms with Crippen molar-refractivity contribution in [3.63, 3.8) is 0 Å². The summed E-state index contributed by atoms with van der Waals surface area (Å²) in [4.78, 5) is 15.6. The van der Waals surface area contributed by atoms with Gasteiger partial charge in [-0.2, -0.15) is 0 Å². The number of furan rings is 1. The zero-order chi connectivity index (χ0) is 45.4. The van der Waals surface area contributed by atoms with Crippen molar-refractivity contribution in [1.82, 2.24) is 24.1 Å². The van der Waals surface area contributed by atoms with Crippen molar-refractivity contribution in [3.8, 4) is 67.8 Å². The van der Waals surface area contributed by atoms with Crippen LogP contribution in [0.25, 0.3) is 133 Å². The van der Waals surface area contributed by atoms with Crippen LogP contribution in [0, 0.1) is 0 Å². The molecule has 6 nitrogen and oxygen atoms in total. The summed E-state index contributed by atoms with van der Waals surface area (Å²) >= 11 is 0. The van der Waals surface area contributed by atoms with Crippen molar-refractivity contribution in [2.24, 2.45) is 0 Å². The summed E-state index contributed by atoms with van der Waals surface area (Å²) in [5, 5.41) is 6.92. The minimum absolute atomic E-state index is 0.591. The average Bonchev–Trinajstić information content (AvgIpc) is 4.09. The van der Waals surface area contributed by atoms with Crippen molar-refractivity contribution in [3.05, 3.63) is 237 Å². The molecule has 14 aromatic rings. The van der Waals surface area contributed by atoms with Gasteiger partial charge in [0.25, 0.3) is 0 Å². The molecule has 4 heterocycles. The smallest absolute Gasteiger partial charge is 0.166 e. The van der Waals surface area contributed by atoms with Gasteiger partial charge in [0.1, 0.15) is 11.2 Å². The van der Waals surface area contributed by atoms with Gasteiger partial charge in [0.15, 0.2) is 17.5 Å². The third kappa shape index (κ3) is 6.16. The Labute approximate surface area is 396 Å². The lowest BCUT2D eigenvalue weighted by Gasteiger charge is -2.15. The molecule has 0 aliphatic heterocycles. The van der Waals surface area contributed by atoms with E-state index in [1.54, 1.807) is 0 Å². The van der Waals surface area contributed by atoms with Crippen LogP contribution in [0.15, 0.2) is 241 Å². The molecule has 0 aliphatic rings. The van der Waals surface area contributed by atoms with Crippen LogP contribution in [0.4, 0.5) is 0 Å². The van der Waals surface area contributed by atoms with Crippen LogP contribution >= 0.6 is 0 Å². The molecule has 0 N–H and O–H groups in total. The van der Waals surface area contributed by atoms with Crippen LogP contribution in [-0.4, -0.2) is 24.1 Å². The SMILES string of the molecule is c1ccc(-c2nc(-c3ccccc3)nc(-c3ccccc3-n3c4cc(-c5cccc6oc7ccccc7c56)ccc4c4c(-c5cccc6c5c5ccccc5n6-c5ccccc5)cccc43)n2)cc1. The summed E-state index contributed by atoms with van der Waals surface area (Å²) in [5.41, 5.74) is 15.6. The highest BCUT2D eigenvalue weighted by Crippen LogP contribution is 2.46. The number of para-hydroxylation sites is 4. The quantitative estimate of drug-likeness (QED) is 0.160. The summed E-state index contributed by atoms with van der Waals surface area (Å²) in [7, 11) is 0. The van der Waals surface area contributed by atoms with Gasteiger partial charge in [-0.15, -0.1) is 0 Å². The van der Waals surface area contributed by atoms with E-state index in [4.69, 9.17) is 19.4 Å². The Bertz CT molecular complexity index is 4240. The molecule has 6 heteroatoms. The maximum Gasteiger partial charge on any atom is 0.166 e. The Morgan fingerprint density at radius 1 is 0.290 bits per heavy atom. The maximum absolute atomic E-state index is 6.43. The van der Waals surface area contributed by atoms with Gasteiger partial charge in [0.2, 0.25) is 0 Å². The zero-order valence-corrected chi connectivity index (χ0v) is 37.2. The monoisotopic (exact) mass is 881 g/mol. The van der Waals surface area contributed by atoms with E-state index in [1.165, 1.54) is 21.9 Å². The van der Waals surface area contributed by atoms with Crippen molar-refractivity contribution >= 4 is 65.6 Å². The summed E-state index contributed by atoms with van der Waals surface area (Å²) in [5.74, 6) is 1.82. The first-order chi connectivity index (χ1) is 34.2. The lowest BCUT2D eigenvalue weighted by atomic mass is 9.94. The Kier molecular flexibility index (Phi) is 8.79. The van der Waals surface area contributed by atoms with Gasteiger partial charge in [-0.1, -0.05) is 176 Å². The highest BCUT2D eigenvalue weighted by molar-refractivity contribution is 6.23. The lowest BCUT2D eigenvalue weighted by Crippen LogP contribution is -2.03. The fourth-order valence-corrected chi connectivity index (χ4v) is 10.6. The first-order valence-electron chi connectivity index (χ1n) is 23.3. The second kappa shape index (κ2) is 15.6. The van der Waals surface area contributed by atoms with Gasteiger partial charge in [0.05, 0.1) is 27.8 Å². The Balaban J connectivity index is 1.08. The molecule has 0 saturated heterocycles. The van der Waals surface area contributed by atoms with Crippen LogP contribution in [-0.2, 0) is 0 Å². The third-order valence-electron chi connectivity index (χ3n) is 13.6. The van der Waals surface area contributed by atoms with Crippen LogP contribution in [0.5, 0.6) is 0 Å². The largest absolute Gasteiger partial charge is 0.456 e. The number of aromatic nitrogens is 5. The highest BCUT2D eigenvalue weighted by Gasteiger charge is 2.24. The van der Waals surface area contributed by atoms with Crippen molar-refractivity contribution < 1.29 is 4.42 Å². The second-order valence-corrected chi connectivity index (χ2v) is 17.5. The summed E-state index contributed by atoms with van der Waals surface area (Å²) in [6.45, 7) is 0. The normalized spacial score (nSPS) is 11.8. The molecular weight excluding hydrogens is 843 g/mol. The Hall–Kier alpha value is -9.39. The number of rotatable bonds is 7. The van der Waals surface area contributed by atoms with E-state index >= 15 is 0 Å². The van der Waals surface area contributed by atoms with Crippen LogP contribution in [0.3, 0.4) is 0 Å². The fourth-order valence-electron chi connectivity index (χ4n) is 10.6. The first-order valence-corrected chi connectivity index (χ1v) is 23.3. The van der Waals surface area contributed by atoms with Gasteiger partial charge in [-0.25, -0.2) is 15.0 Å². The molecule has 0 fully saturated rings. The van der Waals surface area contributed by atoms with E-state index < -0.39 is 0 Å². The fraction of sp³-hybridized carbons (Fsp3) is 0. The van der Waals surface area contributed by atoms with Gasteiger partial charge < -0.3 is 13.6 Å². The predicted molar refractivity (Wildman–Crippen MR) is 283 cm³/mol. The molecule has 0 unspecified atom stereocenters. The summed E-state index contributed by atoms with van der Waals surface area (Å²) < 4.78 is 11.2. The number of hydrogen-bond donors (Lipinski definition) is 0. The second-order valence-electron chi connectivity index (χ2n) is 17.5. The van der Waals surface area contributed by atoms with E-state index in [0.29, 0.717) is 17.5 Å². The van der Waals surface area contributed by atoms with Gasteiger partial charge in [0, 0.05) is 54.7 Å². The van der Waals surface area contributed by atoms with Crippen LogP contribution in [0.2, 0.25) is 0 Å². The minimum Gasteiger partial charge on any atom is -0.456 e. The van der Waals surface area contributed by atoms with Crippen molar-refractivity contribution in [2.45, 2.75) is 0 Å². The van der Waals surface area contributed by atoms with Crippen LogP contribution < -0.4 is 0 Å². The van der Waals surface area contributed by atoms with Crippen LogP contribution in [0.1, 0.15) is 0 Å². The summed E-state index contributed by atoms with van der Waals surface area (Å²) in [6.07, 6.45) is 0. The topological polar surface area (TPSA) is 61.7 Å². The van der Waals surface area contributed by atoms with E-state index in [0.717, 1.165) is 94.0 Å². The molecule has 0 saturated carbocycles. The van der Waals surface area contributed by atoms with Crippen molar-refractivity contribution in [2.75, 3.05) is 0 Å². The number of hydrogen-bond acceptors (Lipinski definition) is 4. The van der Waals surface area contributed by atoms with E-state index in [-0.39, 0.29) is 0 Å². The van der Waals surface area contributed by atoms with E-state index in [1.807, 2.05) is 48.5 Å². The molecule has 0 amide bonds. The summed E-state index contributed by atoms with van der Waals surface area (Å²) in [6, 6.07) is 83.4. The predicted octanol–water partition coefficient (Wildman–Crippen LogP) is 16.3. The van der Waals surface area contributed by atoms with Gasteiger partial charge >= 0.3 is 0 Å². The molecule has 322 valence electrons. The minimum atomic E-state index is 0.591. The third-order valence-corrected chi connectivity index (χ3v) is 13.6. The molecule has 0 atom stereocenters. The number of nitrogens with zero attached hydrogens (tertiary/aromatic N) is 5. The number of benzene rings is 10. The molecule has 10 aromatic carbocycles. The molecule has 0 spiro atoms. The average molecular weight is 882 g/mol. The molecule has 14 rings (SSSR count). The molecular formula is C63H39N5O. The van der Waals surface area contributed by atoms with E-state index in [9.17, 15) is 0 Å². The lowest BCUT2D eigenvalue weighted by molar-refractivity contribution is 0.669. The standard InChI is InChI=1S/C63H39N5O/c1-4-19-40(20-5-1)61-64-62(41-21-6-2-7-22-41)66-63(65-61)49-26-11-14-32-52(49)68-54-34-17-30-46(45-29-16-33-53-58(45)47-25-10-13-31-51(47)67(53)43-23-8-3-9-24-43)59(54)48-38-37-42(39-55(48)68)44-28-18-36-57-60(44)50-27-12-15-35-56(50)69-57/h1-39H. The molecule has 0 bridgehead atoms. The maximum atomic E-state index is 6.43. The number of fused-ring (bicyclic) bond motifs is 9. The Morgan fingerprint density at radius 2 is 0.797 bits per heavy atom. The molecule has 69 heavy (non-hydrogen) atoms. The Morgan fingerprint density at radius 3 is 1.52 bits per heavy atom. The van der Waals surface area contributed by atoms with Gasteiger partial charge in [-0.3, -0.25) is 0 Å². The highest BCUT2D eigenvalue weighted by atomic mass is 16.3. The molecule has 4 aromatic heterocycles. The van der Waals surface area contributed by atoms with E-state index in [2.05, 4.69) is 197 Å². The van der Waals surface area contributed by atoms with Crippen molar-refractivity contribution in [1.29, 1.82) is 0 Å². The first kappa shape index (κ1) is 38.8. The zero-order valence-electron chi connectivity index (χ0n) is 37.2.